The Morgan fingerprint density at radius 3 is 2.92 bits per heavy atom. The minimum atomic E-state index is 0.801. The van der Waals surface area contributed by atoms with Crippen molar-refractivity contribution >= 4 is 5.69 Å². The van der Waals surface area contributed by atoms with Gasteiger partial charge in [-0.25, -0.2) is 0 Å². The van der Waals surface area contributed by atoms with Crippen molar-refractivity contribution in [2.45, 2.75) is 20.3 Å². The predicted molar refractivity (Wildman–Crippen MR) is 57.2 cm³/mol. The summed E-state index contributed by atoms with van der Waals surface area (Å²) in [4.78, 5) is 2.48. The second kappa shape index (κ2) is 3.41. The molecule has 0 fully saturated rings. The van der Waals surface area contributed by atoms with Gasteiger partial charge >= 0.3 is 0 Å². The lowest BCUT2D eigenvalue weighted by atomic mass is 9.94. The summed E-state index contributed by atoms with van der Waals surface area (Å²) >= 11 is 0. The molecular formula is C12H17N. The first-order valence-corrected chi connectivity index (χ1v) is 5.14. The highest BCUT2D eigenvalue weighted by molar-refractivity contribution is 5.55. The van der Waals surface area contributed by atoms with Crippen molar-refractivity contribution in [2.75, 3.05) is 18.0 Å². The summed E-state index contributed by atoms with van der Waals surface area (Å²) in [6.45, 7) is 6.91. The third kappa shape index (κ3) is 1.55. The van der Waals surface area contributed by atoms with Crippen LogP contribution in [0.4, 0.5) is 5.69 Å². The molecule has 0 amide bonds. The highest BCUT2D eigenvalue weighted by Gasteiger charge is 2.19. The van der Waals surface area contributed by atoms with Gasteiger partial charge in [0, 0.05) is 18.8 Å². The van der Waals surface area contributed by atoms with Crippen LogP contribution in [0, 0.1) is 5.92 Å². The Morgan fingerprint density at radius 1 is 1.38 bits per heavy atom. The molecule has 0 aliphatic carbocycles. The van der Waals surface area contributed by atoms with Crippen molar-refractivity contribution in [3.8, 4) is 0 Å². The zero-order valence-electron chi connectivity index (χ0n) is 8.46. The van der Waals surface area contributed by atoms with Crippen LogP contribution in [0.5, 0.6) is 0 Å². The summed E-state index contributed by atoms with van der Waals surface area (Å²) in [5.74, 6) is 0.801. The molecule has 0 unspecified atom stereocenters. The summed E-state index contributed by atoms with van der Waals surface area (Å²) < 4.78 is 0. The summed E-state index contributed by atoms with van der Waals surface area (Å²) in [6, 6.07) is 8.78. The molecule has 70 valence electrons. The summed E-state index contributed by atoms with van der Waals surface area (Å²) in [7, 11) is 0. The Kier molecular flexibility index (Phi) is 2.26. The molecule has 1 heterocycles. The average molecular weight is 175 g/mol. The maximum absolute atomic E-state index is 2.48. The molecule has 0 spiro atoms. The molecule has 13 heavy (non-hydrogen) atoms. The average Bonchev–Trinajstić information content (AvgIpc) is 2.16. The first-order chi connectivity index (χ1) is 6.31. The standard InChI is InChI=1S/C12H17N/c1-3-13-9-10(2)8-11-6-4-5-7-12(11)13/h4-7,10H,3,8-9H2,1-2H3/t10-/m1/s1. The molecule has 1 aliphatic heterocycles. The lowest BCUT2D eigenvalue weighted by Gasteiger charge is -2.33. The Balaban J connectivity index is 2.37. The largest absolute Gasteiger partial charge is 0.371 e. The number of benzene rings is 1. The smallest absolute Gasteiger partial charge is 0.0398 e. The zero-order chi connectivity index (χ0) is 9.26. The van der Waals surface area contributed by atoms with Gasteiger partial charge in [0.1, 0.15) is 0 Å². The molecule has 0 radical (unpaired) electrons. The van der Waals surface area contributed by atoms with E-state index >= 15 is 0 Å². The molecule has 0 saturated heterocycles. The summed E-state index contributed by atoms with van der Waals surface area (Å²) in [5, 5.41) is 0. The van der Waals surface area contributed by atoms with Crippen molar-refractivity contribution < 1.29 is 0 Å². The van der Waals surface area contributed by atoms with E-state index in [1.165, 1.54) is 24.2 Å². The second-order valence-corrected chi connectivity index (χ2v) is 3.98. The minimum absolute atomic E-state index is 0.801. The van der Waals surface area contributed by atoms with E-state index in [0.29, 0.717) is 0 Å². The van der Waals surface area contributed by atoms with E-state index in [1.807, 2.05) is 0 Å². The zero-order valence-corrected chi connectivity index (χ0v) is 8.46. The molecule has 1 atom stereocenters. The Bertz CT molecular complexity index is 293. The van der Waals surface area contributed by atoms with Gasteiger partial charge in [0.15, 0.2) is 0 Å². The first kappa shape index (κ1) is 8.61. The fraction of sp³-hybridized carbons (Fsp3) is 0.500. The van der Waals surface area contributed by atoms with Gasteiger partial charge in [-0.2, -0.15) is 0 Å². The highest BCUT2D eigenvalue weighted by atomic mass is 15.1. The predicted octanol–water partition coefficient (Wildman–Crippen LogP) is 2.71. The van der Waals surface area contributed by atoms with Gasteiger partial charge in [0.25, 0.3) is 0 Å². The van der Waals surface area contributed by atoms with Crippen molar-refractivity contribution in [3.63, 3.8) is 0 Å². The molecule has 2 rings (SSSR count). The quantitative estimate of drug-likeness (QED) is 0.634. The maximum atomic E-state index is 2.48. The Labute approximate surface area is 80.4 Å². The van der Waals surface area contributed by atoms with E-state index in [-0.39, 0.29) is 0 Å². The van der Waals surface area contributed by atoms with Crippen LogP contribution in [0.3, 0.4) is 0 Å². The molecule has 0 bridgehead atoms. The fourth-order valence-electron chi connectivity index (χ4n) is 2.21. The lowest BCUT2D eigenvalue weighted by molar-refractivity contribution is 0.537. The van der Waals surface area contributed by atoms with E-state index in [4.69, 9.17) is 0 Å². The topological polar surface area (TPSA) is 3.24 Å². The van der Waals surface area contributed by atoms with Crippen molar-refractivity contribution in [3.05, 3.63) is 29.8 Å². The van der Waals surface area contributed by atoms with Gasteiger partial charge in [-0.3, -0.25) is 0 Å². The van der Waals surface area contributed by atoms with Crippen LogP contribution in [0.15, 0.2) is 24.3 Å². The van der Waals surface area contributed by atoms with Gasteiger partial charge in [-0.1, -0.05) is 25.1 Å². The van der Waals surface area contributed by atoms with Crippen LogP contribution in [0.2, 0.25) is 0 Å². The van der Waals surface area contributed by atoms with E-state index < -0.39 is 0 Å². The number of fused-ring (bicyclic) bond motifs is 1. The van der Waals surface area contributed by atoms with Crippen LogP contribution in [0.1, 0.15) is 19.4 Å². The number of hydrogen-bond acceptors (Lipinski definition) is 1. The third-order valence-corrected chi connectivity index (χ3v) is 2.81. The molecule has 1 nitrogen and oxygen atoms in total. The van der Waals surface area contributed by atoms with E-state index in [1.54, 1.807) is 0 Å². The molecule has 0 saturated carbocycles. The second-order valence-electron chi connectivity index (χ2n) is 3.98. The number of anilines is 1. The Hall–Kier alpha value is -0.980. The van der Waals surface area contributed by atoms with Crippen LogP contribution < -0.4 is 4.90 Å². The van der Waals surface area contributed by atoms with E-state index in [9.17, 15) is 0 Å². The number of rotatable bonds is 1. The van der Waals surface area contributed by atoms with Crippen molar-refractivity contribution in [1.29, 1.82) is 0 Å². The minimum Gasteiger partial charge on any atom is -0.371 e. The van der Waals surface area contributed by atoms with Gasteiger partial charge in [0.05, 0.1) is 0 Å². The number of nitrogens with zero attached hydrogens (tertiary/aromatic N) is 1. The molecule has 1 aromatic carbocycles. The SMILES string of the molecule is CCN1C[C@H](C)Cc2ccccc21. The maximum Gasteiger partial charge on any atom is 0.0398 e. The molecule has 1 aliphatic rings. The fourth-order valence-corrected chi connectivity index (χ4v) is 2.21. The normalized spacial score (nSPS) is 21.4. The third-order valence-electron chi connectivity index (χ3n) is 2.81. The van der Waals surface area contributed by atoms with Gasteiger partial charge < -0.3 is 4.90 Å². The molecule has 0 N–H and O–H groups in total. The monoisotopic (exact) mass is 175 g/mol. The van der Waals surface area contributed by atoms with E-state index in [2.05, 4.69) is 43.0 Å². The van der Waals surface area contributed by atoms with Gasteiger partial charge in [-0.05, 0) is 30.9 Å². The Morgan fingerprint density at radius 2 is 2.15 bits per heavy atom. The number of para-hydroxylation sites is 1. The molecule has 1 heteroatoms. The van der Waals surface area contributed by atoms with E-state index in [0.717, 1.165) is 12.5 Å². The first-order valence-electron chi connectivity index (χ1n) is 5.14. The number of hydrogen-bond donors (Lipinski definition) is 0. The van der Waals surface area contributed by atoms with Crippen molar-refractivity contribution in [2.24, 2.45) is 5.92 Å². The molecule has 1 aromatic rings. The lowest BCUT2D eigenvalue weighted by Crippen LogP contribution is -2.33. The van der Waals surface area contributed by atoms with Crippen LogP contribution >= 0.6 is 0 Å². The van der Waals surface area contributed by atoms with Gasteiger partial charge in [0.2, 0.25) is 0 Å². The summed E-state index contributed by atoms with van der Waals surface area (Å²) in [5.41, 5.74) is 2.96. The molecule has 0 aromatic heterocycles. The van der Waals surface area contributed by atoms with Crippen LogP contribution in [-0.2, 0) is 6.42 Å². The van der Waals surface area contributed by atoms with Crippen LogP contribution in [0.25, 0.3) is 0 Å². The highest BCUT2D eigenvalue weighted by Crippen LogP contribution is 2.28. The van der Waals surface area contributed by atoms with Crippen LogP contribution in [-0.4, -0.2) is 13.1 Å². The van der Waals surface area contributed by atoms with Gasteiger partial charge in [-0.15, -0.1) is 0 Å². The molecular weight excluding hydrogens is 158 g/mol. The van der Waals surface area contributed by atoms with Crippen molar-refractivity contribution in [1.82, 2.24) is 0 Å². The summed E-state index contributed by atoms with van der Waals surface area (Å²) in [6.07, 6.45) is 1.24.